The molecule has 0 atom stereocenters. The molecule has 0 radical (unpaired) electrons. The van der Waals surface area contributed by atoms with Crippen LogP contribution in [0.25, 0.3) is 0 Å². The Hall–Kier alpha value is -1.07. The maximum absolute atomic E-state index is 9.79. The first-order valence-electron chi connectivity index (χ1n) is 5.68. The summed E-state index contributed by atoms with van der Waals surface area (Å²) in [5, 5.41) is 0. The van der Waals surface area contributed by atoms with Crippen LogP contribution in [0.4, 0.5) is 5.69 Å². The molecule has 0 amide bonds. The molecule has 1 aromatic carbocycles. The van der Waals surface area contributed by atoms with Crippen LogP contribution in [0, 0.1) is 0 Å². The van der Waals surface area contributed by atoms with E-state index in [-0.39, 0.29) is 5.75 Å². The highest BCUT2D eigenvalue weighted by Crippen LogP contribution is 2.07. The van der Waals surface area contributed by atoms with Crippen molar-refractivity contribution in [3.8, 4) is 0 Å². The maximum atomic E-state index is 9.79. The van der Waals surface area contributed by atoms with Gasteiger partial charge in [0.2, 0.25) is 0 Å². The molecule has 0 aliphatic rings. The molecule has 1 aromatic rings. The normalized spacial score (nSPS) is 10.5. The molecule has 5 heteroatoms. The summed E-state index contributed by atoms with van der Waals surface area (Å²) in [7, 11) is -3.67. The van der Waals surface area contributed by atoms with E-state index in [9.17, 15) is 8.42 Å². The van der Waals surface area contributed by atoms with E-state index in [1.165, 1.54) is 12.0 Å². The molecule has 98 valence electrons. The summed E-state index contributed by atoms with van der Waals surface area (Å²) in [6.45, 7) is 3.86. The van der Waals surface area contributed by atoms with E-state index in [4.69, 9.17) is 10.3 Å². The molecule has 1 rings (SSSR count). The number of hydrogen-bond donors (Lipinski definition) is 2. The summed E-state index contributed by atoms with van der Waals surface area (Å²) in [6, 6.07) is 8.06. The molecule has 0 unspecified atom stereocenters. The highest BCUT2D eigenvalue weighted by atomic mass is 32.2. The first-order chi connectivity index (χ1) is 7.89. The standard InChI is InChI=1S/C9H13N.C3H8O3S/c1-2-4-8-5-3-6-9(10)7-8;1-2-3-7(4,5)6/h3,5-7H,2,4,10H2,1H3;2-3H2,1H3,(H,4,5,6). The molecule has 17 heavy (non-hydrogen) atoms. The van der Waals surface area contributed by atoms with Crippen molar-refractivity contribution in [2.75, 3.05) is 11.5 Å². The van der Waals surface area contributed by atoms with Crippen molar-refractivity contribution >= 4 is 15.8 Å². The molecule has 0 bridgehead atoms. The van der Waals surface area contributed by atoms with Crippen LogP contribution in [0.2, 0.25) is 0 Å². The third-order valence-corrected chi connectivity index (χ3v) is 2.88. The highest BCUT2D eigenvalue weighted by Gasteiger charge is 1.98. The van der Waals surface area contributed by atoms with Crippen molar-refractivity contribution in [2.24, 2.45) is 0 Å². The van der Waals surface area contributed by atoms with Crippen LogP contribution < -0.4 is 5.73 Å². The topological polar surface area (TPSA) is 80.4 Å². The zero-order valence-electron chi connectivity index (χ0n) is 10.4. The van der Waals surface area contributed by atoms with Gasteiger partial charge in [-0.25, -0.2) is 0 Å². The van der Waals surface area contributed by atoms with Gasteiger partial charge in [-0.3, -0.25) is 4.55 Å². The lowest BCUT2D eigenvalue weighted by atomic mass is 10.1. The van der Waals surface area contributed by atoms with E-state index < -0.39 is 10.1 Å². The Balaban J connectivity index is 0.000000325. The van der Waals surface area contributed by atoms with E-state index in [0.29, 0.717) is 6.42 Å². The van der Waals surface area contributed by atoms with Gasteiger partial charge in [0.1, 0.15) is 0 Å². The predicted octanol–water partition coefficient (Wildman–Crippen LogP) is 2.51. The maximum Gasteiger partial charge on any atom is 0.264 e. The minimum Gasteiger partial charge on any atom is -0.399 e. The van der Waals surface area contributed by atoms with Gasteiger partial charge in [0.15, 0.2) is 0 Å². The third kappa shape index (κ3) is 9.84. The quantitative estimate of drug-likeness (QED) is 0.643. The Morgan fingerprint density at radius 3 is 2.24 bits per heavy atom. The number of aryl methyl sites for hydroxylation is 1. The van der Waals surface area contributed by atoms with Crippen LogP contribution in [0.5, 0.6) is 0 Å². The molecule has 0 aliphatic heterocycles. The summed E-state index contributed by atoms with van der Waals surface area (Å²) in [5.74, 6) is -0.132. The van der Waals surface area contributed by atoms with Crippen molar-refractivity contribution in [1.82, 2.24) is 0 Å². The molecule has 0 aromatic heterocycles. The third-order valence-electron chi connectivity index (χ3n) is 1.95. The van der Waals surface area contributed by atoms with E-state index in [2.05, 4.69) is 13.0 Å². The minimum atomic E-state index is -3.67. The smallest absolute Gasteiger partial charge is 0.264 e. The molecular formula is C12H21NO3S. The number of nitrogens with two attached hydrogens (primary N) is 1. The van der Waals surface area contributed by atoms with Crippen LogP contribution in [-0.4, -0.2) is 18.7 Å². The zero-order chi connectivity index (χ0) is 13.3. The average molecular weight is 259 g/mol. The van der Waals surface area contributed by atoms with E-state index in [0.717, 1.165) is 12.1 Å². The molecule has 0 fully saturated rings. The summed E-state index contributed by atoms with van der Waals surface area (Å²) in [4.78, 5) is 0. The lowest BCUT2D eigenvalue weighted by Crippen LogP contribution is -2.01. The Morgan fingerprint density at radius 2 is 1.88 bits per heavy atom. The van der Waals surface area contributed by atoms with Gasteiger partial charge in [0.25, 0.3) is 10.1 Å². The zero-order valence-corrected chi connectivity index (χ0v) is 11.2. The van der Waals surface area contributed by atoms with Crippen LogP contribution in [0.3, 0.4) is 0 Å². The number of benzene rings is 1. The second-order valence-electron chi connectivity index (χ2n) is 3.78. The minimum absolute atomic E-state index is 0.132. The van der Waals surface area contributed by atoms with Gasteiger partial charge in [-0.1, -0.05) is 32.4 Å². The summed E-state index contributed by atoms with van der Waals surface area (Å²) >= 11 is 0. The van der Waals surface area contributed by atoms with Gasteiger partial charge in [-0.15, -0.1) is 0 Å². The molecule has 0 spiro atoms. The Labute approximate surface area is 104 Å². The van der Waals surface area contributed by atoms with E-state index in [1.807, 2.05) is 18.2 Å². The molecular weight excluding hydrogens is 238 g/mol. The lowest BCUT2D eigenvalue weighted by molar-refractivity contribution is 0.482. The van der Waals surface area contributed by atoms with E-state index in [1.54, 1.807) is 6.92 Å². The second kappa shape index (κ2) is 8.08. The Morgan fingerprint density at radius 1 is 1.24 bits per heavy atom. The monoisotopic (exact) mass is 259 g/mol. The predicted molar refractivity (Wildman–Crippen MR) is 71.6 cm³/mol. The summed E-state index contributed by atoms with van der Waals surface area (Å²) < 4.78 is 27.6. The van der Waals surface area contributed by atoms with Gasteiger partial charge in [0, 0.05) is 5.69 Å². The SMILES string of the molecule is CCCS(=O)(=O)O.CCCc1cccc(N)c1. The van der Waals surface area contributed by atoms with Crippen molar-refractivity contribution < 1.29 is 13.0 Å². The first-order valence-corrected chi connectivity index (χ1v) is 7.29. The molecule has 0 aliphatic carbocycles. The van der Waals surface area contributed by atoms with Gasteiger partial charge in [-0.2, -0.15) is 8.42 Å². The summed E-state index contributed by atoms with van der Waals surface area (Å²) in [6.07, 6.45) is 2.79. The number of hydrogen-bond acceptors (Lipinski definition) is 3. The van der Waals surface area contributed by atoms with Gasteiger partial charge >= 0.3 is 0 Å². The first kappa shape index (κ1) is 15.9. The van der Waals surface area contributed by atoms with Crippen molar-refractivity contribution in [2.45, 2.75) is 33.1 Å². The fourth-order valence-corrected chi connectivity index (χ4v) is 1.81. The number of rotatable bonds is 4. The molecule has 4 nitrogen and oxygen atoms in total. The van der Waals surface area contributed by atoms with Crippen LogP contribution in [-0.2, 0) is 16.5 Å². The fourth-order valence-electron chi connectivity index (χ4n) is 1.30. The Bertz CT molecular complexity index is 416. The average Bonchev–Trinajstić information content (AvgIpc) is 2.17. The molecule has 0 heterocycles. The molecule has 0 saturated carbocycles. The highest BCUT2D eigenvalue weighted by molar-refractivity contribution is 7.85. The van der Waals surface area contributed by atoms with Crippen LogP contribution >= 0.6 is 0 Å². The van der Waals surface area contributed by atoms with Gasteiger partial charge in [0.05, 0.1) is 5.75 Å². The summed E-state index contributed by atoms with van der Waals surface area (Å²) in [5.41, 5.74) is 7.79. The van der Waals surface area contributed by atoms with E-state index >= 15 is 0 Å². The lowest BCUT2D eigenvalue weighted by Gasteiger charge is -1.98. The largest absolute Gasteiger partial charge is 0.399 e. The van der Waals surface area contributed by atoms with Crippen molar-refractivity contribution in [3.63, 3.8) is 0 Å². The van der Waals surface area contributed by atoms with Gasteiger partial charge < -0.3 is 5.73 Å². The van der Waals surface area contributed by atoms with Gasteiger partial charge in [-0.05, 0) is 30.5 Å². The fraction of sp³-hybridized carbons (Fsp3) is 0.500. The second-order valence-corrected chi connectivity index (χ2v) is 5.35. The molecule has 0 saturated heterocycles. The Kier molecular flexibility index (Phi) is 7.58. The number of nitrogen functional groups attached to an aromatic ring is 1. The van der Waals surface area contributed by atoms with Crippen LogP contribution in [0.15, 0.2) is 24.3 Å². The van der Waals surface area contributed by atoms with Crippen LogP contribution in [0.1, 0.15) is 32.3 Å². The number of anilines is 1. The van der Waals surface area contributed by atoms with Crippen molar-refractivity contribution in [1.29, 1.82) is 0 Å². The molecule has 3 N–H and O–H groups in total. The van der Waals surface area contributed by atoms with Crippen molar-refractivity contribution in [3.05, 3.63) is 29.8 Å².